The normalized spacial score (nSPS) is 16.5. The van der Waals surface area contributed by atoms with Crippen LogP contribution in [0, 0.1) is 0 Å². The summed E-state index contributed by atoms with van der Waals surface area (Å²) in [6, 6.07) is 15.5. The highest BCUT2D eigenvalue weighted by Crippen LogP contribution is 2.24. The number of nitrogens with one attached hydrogen (secondary N) is 1. The van der Waals surface area contributed by atoms with Gasteiger partial charge in [0, 0.05) is 32.1 Å². The van der Waals surface area contributed by atoms with E-state index in [0.717, 1.165) is 17.5 Å². The third-order valence-electron chi connectivity index (χ3n) is 5.44. The number of halogens is 1. The number of nitrogens with zero attached hydrogens (tertiary/aromatic N) is 3. The van der Waals surface area contributed by atoms with Crippen LogP contribution in [0.25, 0.3) is 10.9 Å². The maximum absolute atomic E-state index is 13.3. The average Bonchev–Trinajstić information content (AvgIpc) is 2.76. The largest absolute Gasteiger partial charge is 0.328 e. The Balaban J connectivity index is 0.00000240. The number of para-hydroxylation sites is 1. The number of rotatable bonds is 3. The minimum Gasteiger partial charge on any atom is -0.328 e. The smallest absolute Gasteiger partial charge is 0.279 e. The van der Waals surface area contributed by atoms with Crippen LogP contribution in [0.4, 0.5) is 0 Å². The molecular weight excluding hydrogens is 388 g/mol. The van der Waals surface area contributed by atoms with Crippen LogP contribution >= 0.6 is 12.4 Å². The second-order valence-corrected chi connectivity index (χ2v) is 7.13. The first kappa shape index (κ1) is 21.0. The van der Waals surface area contributed by atoms with Gasteiger partial charge in [-0.2, -0.15) is 5.10 Å². The summed E-state index contributed by atoms with van der Waals surface area (Å²) in [5.74, 6) is -0.308. The predicted molar refractivity (Wildman–Crippen MR) is 117 cm³/mol. The van der Waals surface area contributed by atoms with Crippen LogP contribution in [0.15, 0.2) is 53.3 Å². The fourth-order valence-electron chi connectivity index (χ4n) is 3.82. The Bertz CT molecular complexity index is 1080. The molecule has 3 aromatic rings. The van der Waals surface area contributed by atoms with Crippen LogP contribution in [0.1, 0.15) is 34.6 Å². The van der Waals surface area contributed by atoms with Gasteiger partial charge in [-0.25, -0.2) is 0 Å². The number of carbonyl (C=O) groups excluding carboxylic acids is 1. The number of aromatic nitrogens is 2. The van der Waals surface area contributed by atoms with Crippen molar-refractivity contribution >= 4 is 29.2 Å². The van der Waals surface area contributed by atoms with Crippen molar-refractivity contribution < 1.29 is 4.79 Å². The van der Waals surface area contributed by atoms with Gasteiger partial charge >= 0.3 is 0 Å². The number of hydrogen-bond acceptors (Lipinski definition) is 4. The summed E-state index contributed by atoms with van der Waals surface area (Å²) in [6.07, 6.45) is 0.975. The van der Waals surface area contributed by atoms with E-state index in [9.17, 15) is 9.59 Å². The van der Waals surface area contributed by atoms with Crippen molar-refractivity contribution in [3.8, 4) is 0 Å². The number of fused-ring (bicyclic) bond motifs is 1. The van der Waals surface area contributed by atoms with Crippen LogP contribution in [-0.2, 0) is 13.5 Å². The van der Waals surface area contributed by atoms with Crippen molar-refractivity contribution in [3.05, 3.63) is 75.6 Å². The number of piperazine rings is 1. The fourth-order valence-corrected chi connectivity index (χ4v) is 3.82. The highest BCUT2D eigenvalue weighted by Gasteiger charge is 2.31. The number of hydrogen-bond donors (Lipinski definition) is 1. The first-order chi connectivity index (χ1) is 13.6. The Kier molecular flexibility index (Phi) is 6.35. The second-order valence-electron chi connectivity index (χ2n) is 7.13. The standard InChI is InChI=1S/C22H24N4O2.ClH/c1-3-15-8-10-16(11-9-15)19-14-23-12-13-26(19)22(28)20-21(27)17-6-4-5-7-18(17)25(2)24-20;/h4-11,19,23H,3,12-14H2,1-2H3;1H. The van der Waals surface area contributed by atoms with E-state index >= 15 is 0 Å². The third kappa shape index (κ3) is 3.91. The lowest BCUT2D eigenvalue weighted by Gasteiger charge is -2.36. The van der Waals surface area contributed by atoms with E-state index in [-0.39, 0.29) is 35.5 Å². The molecule has 1 aliphatic rings. The first-order valence-electron chi connectivity index (χ1n) is 9.66. The molecule has 4 rings (SSSR count). The Morgan fingerprint density at radius 3 is 2.62 bits per heavy atom. The van der Waals surface area contributed by atoms with Gasteiger partial charge in [0.25, 0.3) is 5.91 Å². The van der Waals surface area contributed by atoms with Crippen LogP contribution < -0.4 is 10.7 Å². The zero-order valence-electron chi connectivity index (χ0n) is 16.6. The summed E-state index contributed by atoms with van der Waals surface area (Å²) in [4.78, 5) is 28.1. The summed E-state index contributed by atoms with van der Waals surface area (Å²) in [5.41, 5.74) is 2.72. The highest BCUT2D eigenvalue weighted by molar-refractivity contribution is 5.95. The molecule has 152 valence electrons. The van der Waals surface area contributed by atoms with Crippen molar-refractivity contribution in [1.82, 2.24) is 20.0 Å². The average molecular weight is 413 g/mol. The van der Waals surface area contributed by atoms with Crippen LogP contribution in [0.3, 0.4) is 0 Å². The topological polar surface area (TPSA) is 67.2 Å². The summed E-state index contributed by atoms with van der Waals surface area (Å²) in [5, 5.41) is 8.20. The molecule has 1 fully saturated rings. The maximum Gasteiger partial charge on any atom is 0.279 e. The molecule has 1 N–H and O–H groups in total. The molecule has 0 aliphatic carbocycles. The minimum absolute atomic E-state index is 0. The molecule has 0 bridgehead atoms. The lowest BCUT2D eigenvalue weighted by Crippen LogP contribution is -2.50. The summed E-state index contributed by atoms with van der Waals surface area (Å²) < 4.78 is 1.61. The van der Waals surface area contributed by atoms with Gasteiger partial charge in [-0.05, 0) is 29.7 Å². The molecule has 1 saturated heterocycles. The Labute approximate surface area is 175 Å². The van der Waals surface area contributed by atoms with E-state index in [2.05, 4.69) is 41.6 Å². The van der Waals surface area contributed by atoms with Gasteiger partial charge in [0.2, 0.25) is 5.43 Å². The second kappa shape index (κ2) is 8.76. The number of aryl methyl sites for hydroxylation is 2. The molecule has 1 amide bonds. The molecule has 7 heteroatoms. The van der Waals surface area contributed by atoms with Crippen molar-refractivity contribution in [2.24, 2.45) is 7.05 Å². The Hall–Kier alpha value is -2.70. The van der Waals surface area contributed by atoms with Crippen molar-refractivity contribution in [2.45, 2.75) is 19.4 Å². The predicted octanol–water partition coefficient (Wildman–Crippen LogP) is 2.70. The van der Waals surface area contributed by atoms with E-state index < -0.39 is 0 Å². The van der Waals surface area contributed by atoms with Crippen molar-refractivity contribution in [3.63, 3.8) is 0 Å². The molecule has 0 spiro atoms. The van der Waals surface area contributed by atoms with Gasteiger partial charge in [-0.1, -0.05) is 43.3 Å². The maximum atomic E-state index is 13.3. The summed E-state index contributed by atoms with van der Waals surface area (Å²) >= 11 is 0. The van der Waals surface area contributed by atoms with E-state index in [0.29, 0.717) is 25.0 Å². The third-order valence-corrected chi connectivity index (χ3v) is 5.44. The van der Waals surface area contributed by atoms with Gasteiger partial charge in [-0.15, -0.1) is 12.4 Å². The van der Waals surface area contributed by atoms with E-state index in [4.69, 9.17) is 0 Å². The summed E-state index contributed by atoms with van der Waals surface area (Å²) in [7, 11) is 1.76. The molecule has 1 aromatic heterocycles. The zero-order chi connectivity index (χ0) is 19.7. The quantitative estimate of drug-likeness (QED) is 0.718. The lowest BCUT2D eigenvalue weighted by atomic mass is 10.0. The minimum atomic E-state index is -0.308. The zero-order valence-corrected chi connectivity index (χ0v) is 17.4. The highest BCUT2D eigenvalue weighted by atomic mass is 35.5. The van der Waals surface area contributed by atoms with Crippen LogP contribution in [-0.4, -0.2) is 40.2 Å². The van der Waals surface area contributed by atoms with Gasteiger partial charge in [0.1, 0.15) is 0 Å². The van der Waals surface area contributed by atoms with E-state index in [1.54, 1.807) is 28.8 Å². The van der Waals surface area contributed by atoms with Gasteiger partial charge in [-0.3, -0.25) is 14.3 Å². The van der Waals surface area contributed by atoms with E-state index in [1.807, 2.05) is 12.1 Å². The molecule has 0 saturated carbocycles. The number of carbonyl (C=O) groups is 1. The van der Waals surface area contributed by atoms with E-state index in [1.165, 1.54) is 5.56 Å². The molecule has 2 heterocycles. The number of amides is 1. The monoisotopic (exact) mass is 412 g/mol. The van der Waals surface area contributed by atoms with Crippen molar-refractivity contribution in [1.29, 1.82) is 0 Å². The van der Waals surface area contributed by atoms with Gasteiger partial charge in [0.15, 0.2) is 5.69 Å². The van der Waals surface area contributed by atoms with Gasteiger partial charge < -0.3 is 10.2 Å². The van der Waals surface area contributed by atoms with Crippen LogP contribution in [0.5, 0.6) is 0 Å². The lowest BCUT2D eigenvalue weighted by molar-refractivity contribution is 0.0624. The molecule has 2 aromatic carbocycles. The molecule has 1 aliphatic heterocycles. The Morgan fingerprint density at radius 2 is 1.90 bits per heavy atom. The molecule has 29 heavy (non-hydrogen) atoms. The molecule has 1 atom stereocenters. The van der Waals surface area contributed by atoms with Gasteiger partial charge in [0.05, 0.1) is 11.6 Å². The molecule has 6 nitrogen and oxygen atoms in total. The molecule has 1 unspecified atom stereocenters. The molecular formula is C22H25ClN4O2. The first-order valence-corrected chi connectivity index (χ1v) is 9.66. The van der Waals surface area contributed by atoms with Crippen LogP contribution in [0.2, 0.25) is 0 Å². The SMILES string of the molecule is CCc1ccc(C2CNCCN2C(=O)c2nn(C)c3ccccc3c2=O)cc1.Cl. The molecule has 0 radical (unpaired) electrons. The Morgan fingerprint density at radius 1 is 1.17 bits per heavy atom. The summed E-state index contributed by atoms with van der Waals surface area (Å²) in [6.45, 7) is 4.01. The number of benzene rings is 2. The fraction of sp³-hybridized carbons (Fsp3) is 0.318. The van der Waals surface area contributed by atoms with Crippen molar-refractivity contribution in [2.75, 3.05) is 19.6 Å².